The lowest BCUT2D eigenvalue weighted by Gasteiger charge is -2.15. The Balaban J connectivity index is 2.65. The zero-order valence-corrected chi connectivity index (χ0v) is 4.70. The summed E-state index contributed by atoms with van der Waals surface area (Å²) < 4.78 is 0. The van der Waals surface area contributed by atoms with Gasteiger partial charge >= 0.3 is 0 Å². The van der Waals surface area contributed by atoms with E-state index in [2.05, 4.69) is 15.4 Å². The quantitative estimate of drug-likeness (QED) is 0.487. The van der Waals surface area contributed by atoms with Gasteiger partial charge in [0.1, 0.15) is 5.66 Å². The zero-order chi connectivity index (χ0) is 6.04. The van der Waals surface area contributed by atoms with Gasteiger partial charge in [0.2, 0.25) is 0 Å². The van der Waals surface area contributed by atoms with Gasteiger partial charge in [0.25, 0.3) is 0 Å². The summed E-state index contributed by atoms with van der Waals surface area (Å²) in [6, 6.07) is 0. The molecule has 2 N–H and O–H groups in total. The molecular weight excluding hydrogens is 104 g/mol. The highest BCUT2D eigenvalue weighted by molar-refractivity contribution is 5.59. The third-order valence-electron chi connectivity index (χ3n) is 0.911. The van der Waals surface area contributed by atoms with Crippen LogP contribution in [0.3, 0.4) is 0 Å². The fourth-order valence-corrected chi connectivity index (χ4v) is 0.431. The van der Waals surface area contributed by atoms with Crippen molar-refractivity contribution in [2.75, 3.05) is 0 Å². The smallest absolute Gasteiger partial charge is 0.133 e. The molecule has 1 unspecified atom stereocenters. The Labute approximate surface area is 47.5 Å². The van der Waals surface area contributed by atoms with Crippen molar-refractivity contribution in [3.05, 3.63) is 0 Å². The maximum absolute atomic E-state index is 5.53. The van der Waals surface area contributed by atoms with Gasteiger partial charge in [-0.15, -0.1) is 10.2 Å². The largest absolute Gasteiger partial charge is 0.306 e. The number of nitrogens with zero attached hydrogens (tertiary/aromatic N) is 3. The molecule has 8 heavy (non-hydrogen) atoms. The van der Waals surface area contributed by atoms with Crippen LogP contribution in [0.2, 0.25) is 0 Å². The molecule has 0 saturated heterocycles. The summed E-state index contributed by atoms with van der Waals surface area (Å²) in [5.41, 5.74) is 5.01. The first-order valence-electron chi connectivity index (χ1n) is 2.43. The SMILES string of the molecule is CC1(N)CC=NN=N1. The predicted octanol–water partition coefficient (Wildman–Crippen LogP) is 0.503. The van der Waals surface area contributed by atoms with E-state index in [1.165, 1.54) is 0 Å². The van der Waals surface area contributed by atoms with Gasteiger partial charge in [0.05, 0.1) is 0 Å². The highest BCUT2D eigenvalue weighted by atomic mass is 15.4. The van der Waals surface area contributed by atoms with Gasteiger partial charge in [0.15, 0.2) is 0 Å². The molecule has 4 heteroatoms. The molecule has 0 bridgehead atoms. The Bertz CT molecular complexity index is 135. The molecule has 0 aromatic rings. The third-order valence-corrected chi connectivity index (χ3v) is 0.911. The monoisotopic (exact) mass is 112 g/mol. The molecule has 0 radical (unpaired) electrons. The molecule has 1 aliphatic rings. The van der Waals surface area contributed by atoms with Crippen molar-refractivity contribution in [3.63, 3.8) is 0 Å². The highest BCUT2D eigenvalue weighted by Crippen LogP contribution is 2.09. The van der Waals surface area contributed by atoms with E-state index in [1.54, 1.807) is 6.21 Å². The average Bonchev–Trinajstić information content (AvgIpc) is 1.65. The van der Waals surface area contributed by atoms with Crippen LogP contribution in [-0.4, -0.2) is 11.9 Å². The Morgan fingerprint density at radius 3 is 2.75 bits per heavy atom. The maximum atomic E-state index is 5.53. The van der Waals surface area contributed by atoms with Gasteiger partial charge in [-0.1, -0.05) is 0 Å². The predicted molar refractivity (Wildman–Crippen MR) is 30.6 cm³/mol. The fraction of sp³-hybridized carbons (Fsp3) is 0.750. The molecule has 4 nitrogen and oxygen atoms in total. The Morgan fingerprint density at radius 2 is 2.50 bits per heavy atom. The maximum Gasteiger partial charge on any atom is 0.133 e. The minimum Gasteiger partial charge on any atom is -0.306 e. The molecule has 0 aliphatic carbocycles. The highest BCUT2D eigenvalue weighted by Gasteiger charge is 2.16. The van der Waals surface area contributed by atoms with Crippen LogP contribution in [0.25, 0.3) is 0 Å². The van der Waals surface area contributed by atoms with E-state index < -0.39 is 5.66 Å². The number of nitrogens with two attached hydrogens (primary N) is 1. The van der Waals surface area contributed by atoms with E-state index in [1.807, 2.05) is 6.92 Å². The fourth-order valence-electron chi connectivity index (χ4n) is 0.431. The molecule has 0 spiro atoms. The van der Waals surface area contributed by atoms with Crippen molar-refractivity contribution in [1.29, 1.82) is 0 Å². The summed E-state index contributed by atoms with van der Waals surface area (Å²) in [7, 11) is 0. The second kappa shape index (κ2) is 1.63. The van der Waals surface area contributed by atoms with E-state index >= 15 is 0 Å². The van der Waals surface area contributed by atoms with E-state index in [0.717, 1.165) is 0 Å². The van der Waals surface area contributed by atoms with Gasteiger partial charge in [-0.25, -0.2) is 0 Å². The van der Waals surface area contributed by atoms with Gasteiger partial charge in [0, 0.05) is 12.6 Å². The molecule has 0 aromatic heterocycles. The summed E-state index contributed by atoms with van der Waals surface area (Å²) in [6.45, 7) is 1.81. The van der Waals surface area contributed by atoms with E-state index in [4.69, 9.17) is 5.73 Å². The van der Waals surface area contributed by atoms with Gasteiger partial charge < -0.3 is 5.73 Å². The van der Waals surface area contributed by atoms with Crippen molar-refractivity contribution in [3.8, 4) is 0 Å². The van der Waals surface area contributed by atoms with Crippen LogP contribution in [0.5, 0.6) is 0 Å². The minimum atomic E-state index is -0.512. The summed E-state index contributed by atoms with van der Waals surface area (Å²) in [6.07, 6.45) is 2.34. The van der Waals surface area contributed by atoms with Crippen LogP contribution in [0.15, 0.2) is 15.4 Å². The number of rotatable bonds is 0. The summed E-state index contributed by atoms with van der Waals surface area (Å²) in [5.74, 6) is 0. The molecule has 0 aromatic carbocycles. The van der Waals surface area contributed by atoms with Crippen molar-refractivity contribution >= 4 is 6.21 Å². The molecule has 0 fully saturated rings. The lowest BCUT2D eigenvalue weighted by molar-refractivity contribution is 0.472. The van der Waals surface area contributed by atoms with Crippen LogP contribution in [0.1, 0.15) is 13.3 Å². The van der Waals surface area contributed by atoms with Crippen molar-refractivity contribution in [2.45, 2.75) is 19.0 Å². The van der Waals surface area contributed by atoms with Crippen LogP contribution >= 0.6 is 0 Å². The zero-order valence-electron chi connectivity index (χ0n) is 4.70. The average molecular weight is 112 g/mol. The van der Waals surface area contributed by atoms with Crippen molar-refractivity contribution in [1.82, 2.24) is 0 Å². The molecule has 1 atom stereocenters. The van der Waals surface area contributed by atoms with Crippen LogP contribution < -0.4 is 5.73 Å². The number of hydrogen-bond donors (Lipinski definition) is 1. The van der Waals surface area contributed by atoms with Gasteiger partial charge in [-0.3, -0.25) is 0 Å². The Hall–Kier alpha value is -0.770. The third kappa shape index (κ3) is 1.10. The van der Waals surface area contributed by atoms with E-state index in [-0.39, 0.29) is 0 Å². The molecule has 44 valence electrons. The normalized spacial score (nSPS) is 35.8. The lowest BCUT2D eigenvalue weighted by atomic mass is 10.2. The number of hydrogen-bond acceptors (Lipinski definition) is 4. The molecular formula is C4H8N4. The first-order chi connectivity index (χ1) is 3.71. The molecule has 1 heterocycles. The molecule has 1 aliphatic heterocycles. The molecule has 0 saturated carbocycles. The lowest BCUT2D eigenvalue weighted by Crippen LogP contribution is -2.34. The first kappa shape index (κ1) is 5.37. The topological polar surface area (TPSA) is 63.1 Å². The van der Waals surface area contributed by atoms with E-state index in [9.17, 15) is 0 Å². The second-order valence-electron chi connectivity index (χ2n) is 2.05. The molecule has 0 amide bonds. The Morgan fingerprint density at radius 1 is 1.75 bits per heavy atom. The van der Waals surface area contributed by atoms with Crippen LogP contribution in [-0.2, 0) is 0 Å². The summed E-state index contributed by atoms with van der Waals surface area (Å²) in [5, 5.41) is 10.6. The van der Waals surface area contributed by atoms with E-state index in [0.29, 0.717) is 6.42 Å². The summed E-state index contributed by atoms with van der Waals surface area (Å²) in [4.78, 5) is 0. The molecule has 1 rings (SSSR count). The Kier molecular flexibility index (Phi) is 1.09. The minimum absolute atomic E-state index is 0.512. The van der Waals surface area contributed by atoms with Crippen molar-refractivity contribution < 1.29 is 0 Å². The first-order valence-corrected chi connectivity index (χ1v) is 2.43. The van der Waals surface area contributed by atoms with Crippen molar-refractivity contribution in [2.24, 2.45) is 21.2 Å². The van der Waals surface area contributed by atoms with Crippen LogP contribution in [0, 0.1) is 0 Å². The van der Waals surface area contributed by atoms with Gasteiger partial charge in [-0.2, -0.15) is 0 Å². The standard InChI is InChI=1S/C4H8N4/c1-4(5)2-3-6-8-7-4/h3H,2,5H2,1H3. The second-order valence-corrected chi connectivity index (χ2v) is 2.05. The van der Waals surface area contributed by atoms with Gasteiger partial charge in [-0.05, 0) is 12.1 Å². The summed E-state index contributed by atoms with van der Waals surface area (Å²) >= 11 is 0. The van der Waals surface area contributed by atoms with Crippen LogP contribution in [0.4, 0.5) is 0 Å².